The van der Waals surface area contributed by atoms with E-state index >= 15 is 0 Å². The summed E-state index contributed by atoms with van der Waals surface area (Å²) < 4.78 is 0. The van der Waals surface area contributed by atoms with Crippen LogP contribution in [0.5, 0.6) is 5.75 Å². The Balaban J connectivity index is 2.18. The van der Waals surface area contributed by atoms with Gasteiger partial charge in [-0.2, -0.15) is 0 Å². The van der Waals surface area contributed by atoms with Crippen LogP contribution < -0.4 is 0 Å². The number of rotatable bonds is 4. The maximum absolute atomic E-state index is 12.3. The van der Waals surface area contributed by atoms with E-state index in [1.165, 1.54) is 12.8 Å². The third kappa shape index (κ3) is 2.78. The minimum absolute atomic E-state index is 0.0648. The largest absolute Gasteiger partial charge is 0.507 e. The van der Waals surface area contributed by atoms with E-state index in [2.05, 4.69) is 0 Å². The second-order valence-electron chi connectivity index (χ2n) is 5.01. The van der Waals surface area contributed by atoms with E-state index in [4.69, 9.17) is 0 Å². The lowest BCUT2D eigenvalue weighted by Crippen LogP contribution is -2.38. The average Bonchev–Trinajstić information content (AvgIpc) is 3.09. The van der Waals surface area contributed by atoms with Gasteiger partial charge in [0.1, 0.15) is 5.75 Å². The van der Waals surface area contributed by atoms with Crippen molar-refractivity contribution in [3.05, 3.63) is 29.8 Å². The number of aromatic hydroxyl groups is 1. The summed E-state index contributed by atoms with van der Waals surface area (Å²) in [4.78, 5) is 14.2. The molecule has 1 amide bonds. The van der Waals surface area contributed by atoms with Crippen molar-refractivity contribution < 1.29 is 9.90 Å². The highest BCUT2D eigenvalue weighted by Gasteiger charge is 2.29. The van der Waals surface area contributed by atoms with E-state index in [0.29, 0.717) is 11.5 Å². The Morgan fingerprint density at radius 1 is 1.41 bits per heavy atom. The van der Waals surface area contributed by atoms with Crippen molar-refractivity contribution in [3.8, 4) is 5.75 Å². The highest BCUT2D eigenvalue weighted by atomic mass is 16.3. The van der Waals surface area contributed by atoms with Crippen LogP contribution >= 0.6 is 0 Å². The normalized spacial score (nSPS) is 15.0. The van der Waals surface area contributed by atoms with Crippen LogP contribution in [0.25, 0.3) is 0 Å². The van der Waals surface area contributed by atoms with Gasteiger partial charge in [-0.15, -0.1) is 0 Å². The standard InChI is InChI=1S/C14H19NO2/c1-10(2)15(9-11-7-8-11)14(17)12-5-3-4-6-13(12)16/h3-6,10-11,16H,7-9H2,1-2H3. The van der Waals surface area contributed by atoms with Crippen LogP contribution in [0.3, 0.4) is 0 Å². The van der Waals surface area contributed by atoms with Gasteiger partial charge in [-0.25, -0.2) is 0 Å². The minimum atomic E-state index is -0.0648. The minimum Gasteiger partial charge on any atom is -0.507 e. The Hall–Kier alpha value is -1.51. The molecular weight excluding hydrogens is 214 g/mol. The van der Waals surface area contributed by atoms with E-state index in [-0.39, 0.29) is 17.7 Å². The summed E-state index contributed by atoms with van der Waals surface area (Å²) >= 11 is 0. The number of nitrogens with zero attached hydrogens (tertiary/aromatic N) is 1. The van der Waals surface area contributed by atoms with Gasteiger partial charge in [-0.1, -0.05) is 12.1 Å². The molecule has 0 saturated heterocycles. The maximum Gasteiger partial charge on any atom is 0.257 e. The first-order valence-electron chi connectivity index (χ1n) is 6.18. The summed E-state index contributed by atoms with van der Waals surface area (Å²) in [5.74, 6) is 0.663. The van der Waals surface area contributed by atoms with Crippen LogP contribution in [0, 0.1) is 5.92 Å². The molecule has 1 aliphatic rings. The maximum atomic E-state index is 12.3. The topological polar surface area (TPSA) is 40.5 Å². The van der Waals surface area contributed by atoms with Crippen LogP contribution in [0.15, 0.2) is 24.3 Å². The van der Waals surface area contributed by atoms with E-state index < -0.39 is 0 Å². The molecule has 0 spiro atoms. The molecule has 1 aromatic carbocycles. The van der Waals surface area contributed by atoms with Gasteiger partial charge in [0.15, 0.2) is 0 Å². The number of phenols is 1. The quantitative estimate of drug-likeness (QED) is 0.868. The van der Waals surface area contributed by atoms with Gasteiger partial charge in [0.25, 0.3) is 5.91 Å². The van der Waals surface area contributed by atoms with E-state index in [0.717, 1.165) is 6.54 Å². The summed E-state index contributed by atoms with van der Waals surface area (Å²) in [6.07, 6.45) is 2.44. The number of phenolic OH excluding ortho intramolecular Hbond substituents is 1. The smallest absolute Gasteiger partial charge is 0.257 e. The predicted molar refractivity (Wildman–Crippen MR) is 67.0 cm³/mol. The highest BCUT2D eigenvalue weighted by Crippen LogP contribution is 2.31. The zero-order valence-electron chi connectivity index (χ0n) is 10.4. The third-order valence-electron chi connectivity index (χ3n) is 3.17. The van der Waals surface area contributed by atoms with Crippen molar-refractivity contribution in [3.63, 3.8) is 0 Å². The number of para-hydroxylation sites is 1. The first kappa shape index (κ1) is 12.0. The molecule has 0 aliphatic heterocycles. The fraction of sp³-hybridized carbons (Fsp3) is 0.500. The Kier molecular flexibility index (Phi) is 3.36. The molecule has 0 bridgehead atoms. The number of hydrogen-bond acceptors (Lipinski definition) is 2. The second-order valence-corrected chi connectivity index (χ2v) is 5.01. The SMILES string of the molecule is CC(C)N(CC1CC1)C(=O)c1ccccc1O. The van der Waals surface area contributed by atoms with Gasteiger partial charge in [0, 0.05) is 12.6 Å². The average molecular weight is 233 g/mol. The van der Waals surface area contributed by atoms with Crippen LogP contribution in [0.4, 0.5) is 0 Å². The summed E-state index contributed by atoms with van der Waals surface area (Å²) in [5.41, 5.74) is 0.404. The summed E-state index contributed by atoms with van der Waals surface area (Å²) in [7, 11) is 0. The molecule has 0 radical (unpaired) electrons. The van der Waals surface area contributed by atoms with Crippen LogP contribution in [-0.4, -0.2) is 28.5 Å². The molecule has 0 atom stereocenters. The second kappa shape index (κ2) is 4.78. The van der Waals surface area contributed by atoms with Crippen molar-refractivity contribution in [1.29, 1.82) is 0 Å². The molecule has 0 heterocycles. The molecule has 17 heavy (non-hydrogen) atoms. The summed E-state index contributed by atoms with van der Waals surface area (Å²) in [6.45, 7) is 4.84. The van der Waals surface area contributed by atoms with Crippen LogP contribution in [0.2, 0.25) is 0 Å². The molecule has 2 rings (SSSR count). The predicted octanol–water partition coefficient (Wildman–Crippen LogP) is 2.65. The first-order valence-corrected chi connectivity index (χ1v) is 6.18. The van der Waals surface area contributed by atoms with Crippen molar-refractivity contribution in [2.75, 3.05) is 6.54 Å². The van der Waals surface area contributed by atoms with Crippen molar-refractivity contribution in [2.45, 2.75) is 32.7 Å². The number of amides is 1. The van der Waals surface area contributed by atoms with Gasteiger partial charge in [-0.3, -0.25) is 4.79 Å². The number of carbonyl (C=O) groups is 1. The van der Waals surface area contributed by atoms with E-state index in [1.807, 2.05) is 18.7 Å². The van der Waals surface area contributed by atoms with Gasteiger partial charge >= 0.3 is 0 Å². The lowest BCUT2D eigenvalue weighted by molar-refractivity contribution is 0.0693. The monoisotopic (exact) mass is 233 g/mol. The molecule has 1 saturated carbocycles. The lowest BCUT2D eigenvalue weighted by atomic mass is 10.1. The van der Waals surface area contributed by atoms with Gasteiger partial charge in [0.05, 0.1) is 5.56 Å². The molecule has 3 heteroatoms. The zero-order valence-corrected chi connectivity index (χ0v) is 10.4. The number of hydrogen-bond donors (Lipinski definition) is 1. The molecule has 1 aliphatic carbocycles. The first-order chi connectivity index (χ1) is 8.09. The van der Waals surface area contributed by atoms with Crippen molar-refractivity contribution >= 4 is 5.91 Å². The Bertz CT molecular complexity index is 410. The Labute approximate surface area is 102 Å². The zero-order chi connectivity index (χ0) is 12.4. The Morgan fingerprint density at radius 3 is 2.59 bits per heavy atom. The molecular formula is C14H19NO2. The lowest BCUT2D eigenvalue weighted by Gasteiger charge is -2.27. The molecule has 3 nitrogen and oxygen atoms in total. The molecule has 1 N–H and O–H groups in total. The fourth-order valence-corrected chi connectivity index (χ4v) is 1.92. The van der Waals surface area contributed by atoms with Crippen LogP contribution in [0.1, 0.15) is 37.0 Å². The molecule has 92 valence electrons. The van der Waals surface area contributed by atoms with Crippen LogP contribution in [-0.2, 0) is 0 Å². The Morgan fingerprint density at radius 2 is 2.06 bits per heavy atom. The van der Waals surface area contributed by atoms with E-state index in [9.17, 15) is 9.90 Å². The summed E-state index contributed by atoms with van der Waals surface area (Å²) in [5, 5.41) is 9.71. The summed E-state index contributed by atoms with van der Waals surface area (Å²) in [6, 6.07) is 6.92. The third-order valence-corrected chi connectivity index (χ3v) is 3.17. The fourth-order valence-electron chi connectivity index (χ4n) is 1.92. The highest BCUT2D eigenvalue weighted by molar-refractivity contribution is 5.97. The molecule has 1 aromatic rings. The number of carbonyl (C=O) groups excluding carboxylic acids is 1. The van der Waals surface area contributed by atoms with Gasteiger partial charge < -0.3 is 10.0 Å². The molecule has 1 fully saturated rings. The number of benzene rings is 1. The van der Waals surface area contributed by atoms with Crippen molar-refractivity contribution in [2.24, 2.45) is 5.92 Å². The van der Waals surface area contributed by atoms with Gasteiger partial charge in [0.2, 0.25) is 0 Å². The van der Waals surface area contributed by atoms with Gasteiger partial charge in [-0.05, 0) is 44.7 Å². The molecule has 0 aromatic heterocycles. The van der Waals surface area contributed by atoms with Crippen molar-refractivity contribution in [1.82, 2.24) is 4.90 Å². The molecule has 0 unspecified atom stereocenters. The van der Waals surface area contributed by atoms with E-state index in [1.54, 1.807) is 24.3 Å².